The van der Waals surface area contributed by atoms with E-state index in [4.69, 9.17) is 28.3 Å². The van der Waals surface area contributed by atoms with Crippen molar-refractivity contribution in [3.8, 4) is 11.5 Å². The fraction of sp³-hybridized carbons (Fsp3) is 0.455. The topological polar surface area (TPSA) is 55.4 Å². The zero-order chi connectivity index (χ0) is 20.4. The molecule has 6 nitrogen and oxygen atoms in total. The lowest BCUT2D eigenvalue weighted by atomic mass is 9.75. The van der Waals surface area contributed by atoms with Crippen molar-refractivity contribution >= 4 is 12.6 Å². The Balaban J connectivity index is 1.61. The monoisotopic (exact) mass is 398 g/mol. The molecule has 2 saturated heterocycles. The van der Waals surface area contributed by atoms with Crippen molar-refractivity contribution in [3.63, 3.8) is 0 Å². The van der Waals surface area contributed by atoms with Gasteiger partial charge in [0.15, 0.2) is 6.29 Å². The quantitative estimate of drug-likeness (QED) is 0.697. The van der Waals surface area contributed by atoms with Crippen LogP contribution in [0.3, 0.4) is 0 Å². The van der Waals surface area contributed by atoms with Gasteiger partial charge in [-0.1, -0.05) is 24.3 Å². The third-order valence-electron chi connectivity index (χ3n) is 5.48. The first kappa shape index (κ1) is 20.2. The van der Waals surface area contributed by atoms with Gasteiger partial charge in [0.2, 0.25) is 0 Å². The second-order valence-electron chi connectivity index (χ2n) is 7.80. The summed E-state index contributed by atoms with van der Waals surface area (Å²) in [4.78, 5) is 0. The van der Waals surface area contributed by atoms with E-state index in [1.54, 1.807) is 7.11 Å². The van der Waals surface area contributed by atoms with Crippen LogP contribution in [0.15, 0.2) is 42.5 Å². The van der Waals surface area contributed by atoms with Gasteiger partial charge in [-0.25, -0.2) is 0 Å². The molecule has 2 aromatic carbocycles. The van der Waals surface area contributed by atoms with Crippen molar-refractivity contribution in [2.45, 2.75) is 45.4 Å². The van der Waals surface area contributed by atoms with Crippen LogP contribution >= 0.6 is 0 Å². The van der Waals surface area contributed by atoms with Crippen molar-refractivity contribution < 1.29 is 28.3 Å². The Morgan fingerprint density at radius 3 is 2.41 bits per heavy atom. The number of benzene rings is 2. The fourth-order valence-electron chi connectivity index (χ4n) is 3.44. The fourth-order valence-corrected chi connectivity index (χ4v) is 3.44. The molecule has 0 spiro atoms. The predicted molar refractivity (Wildman–Crippen MR) is 110 cm³/mol. The molecule has 2 aromatic rings. The lowest BCUT2D eigenvalue weighted by Crippen LogP contribution is -2.38. The van der Waals surface area contributed by atoms with Gasteiger partial charge in [0, 0.05) is 5.56 Å². The Hall–Kier alpha value is -2.06. The largest absolute Gasteiger partial charge is 0.497 e. The van der Waals surface area contributed by atoms with Crippen LogP contribution in [0.25, 0.3) is 0 Å². The zero-order valence-electron chi connectivity index (χ0n) is 17.3. The molecule has 1 unspecified atom stereocenters. The van der Waals surface area contributed by atoms with E-state index in [9.17, 15) is 0 Å². The van der Waals surface area contributed by atoms with Crippen molar-refractivity contribution in [2.75, 3.05) is 20.3 Å². The third-order valence-corrected chi connectivity index (χ3v) is 5.48. The molecule has 2 aliphatic heterocycles. The van der Waals surface area contributed by atoms with Crippen molar-refractivity contribution in [1.82, 2.24) is 0 Å². The molecule has 154 valence electrons. The maximum absolute atomic E-state index is 6.19. The van der Waals surface area contributed by atoms with Gasteiger partial charge in [0.25, 0.3) is 0 Å². The summed E-state index contributed by atoms with van der Waals surface area (Å²) in [6.07, 6.45) is -0.530. The highest BCUT2D eigenvalue weighted by atomic mass is 16.7. The normalized spacial score (nSPS) is 21.5. The van der Waals surface area contributed by atoms with Crippen LogP contribution in [0, 0.1) is 0 Å². The van der Waals surface area contributed by atoms with E-state index in [-0.39, 0.29) is 11.7 Å². The molecule has 0 saturated carbocycles. The average Bonchev–Trinajstić information content (AvgIpc) is 3.34. The van der Waals surface area contributed by atoms with Crippen LogP contribution in [-0.2, 0) is 25.4 Å². The molecular weight excluding hydrogens is 371 g/mol. The summed E-state index contributed by atoms with van der Waals surface area (Å²) in [6, 6.07) is 13.7. The lowest BCUT2D eigenvalue weighted by molar-refractivity contribution is -0.0452. The van der Waals surface area contributed by atoms with Gasteiger partial charge in [0.05, 0.1) is 32.0 Å². The van der Waals surface area contributed by atoms with E-state index in [1.165, 1.54) is 0 Å². The van der Waals surface area contributed by atoms with Crippen LogP contribution < -0.4 is 14.9 Å². The Bertz CT molecular complexity index is 832. The summed E-state index contributed by atoms with van der Waals surface area (Å²) in [5.74, 6) is 1.52. The number of hydrogen-bond acceptors (Lipinski definition) is 6. The maximum Gasteiger partial charge on any atom is 0.495 e. The summed E-state index contributed by atoms with van der Waals surface area (Å²) in [6.45, 7) is 7.60. The highest BCUT2D eigenvalue weighted by Crippen LogP contribution is 2.34. The van der Waals surface area contributed by atoms with Gasteiger partial charge in [0.1, 0.15) is 18.1 Å². The number of methoxy groups -OCH3 is 1. The van der Waals surface area contributed by atoms with Crippen molar-refractivity contribution in [1.29, 1.82) is 0 Å². The molecule has 2 heterocycles. The molecule has 0 aliphatic carbocycles. The predicted octanol–water partition coefficient (Wildman–Crippen LogP) is 3.23. The van der Waals surface area contributed by atoms with E-state index in [2.05, 4.69) is 0 Å². The molecule has 2 fully saturated rings. The zero-order valence-corrected chi connectivity index (χ0v) is 17.3. The Morgan fingerprint density at radius 1 is 1.07 bits per heavy atom. The molecule has 29 heavy (non-hydrogen) atoms. The molecule has 2 aliphatic rings. The molecule has 0 N–H and O–H groups in total. The van der Waals surface area contributed by atoms with Crippen LogP contribution in [0.1, 0.15) is 38.2 Å². The minimum atomic E-state index is -0.497. The maximum atomic E-state index is 6.19. The molecule has 1 atom stereocenters. The summed E-state index contributed by atoms with van der Waals surface area (Å²) in [7, 11) is 1.16. The number of ether oxygens (including phenoxy) is 4. The van der Waals surface area contributed by atoms with E-state index >= 15 is 0 Å². The minimum Gasteiger partial charge on any atom is -0.497 e. The van der Waals surface area contributed by atoms with Gasteiger partial charge in [-0.3, -0.25) is 0 Å². The van der Waals surface area contributed by atoms with E-state index in [1.807, 2.05) is 63.2 Å². The molecular formula is C22H27BO6. The first-order valence-electron chi connectivity index (χ1n) is 9.93. The standard InChI is InChI=1S/C22H27BO6/c1-15-22(2,3)29-23(28-15)18-6-5-7-19(20(18)21-25-12-13-26-21)27-14-16-8-10-17(24-4)11-9-16/h5-11,15,21H,12-14H2,1-4H3. The average molecular weight is 398 g/mol. The molecule has 4 rings (SSSR count). The van der Waals surface area contributed by atoms with Gasteiger partial charge in [-0.05, 0) is 50.0 Å². The van der Waals surface area contributed by atoms with Crippen LogP contribution in [0.4, 0.5) is 0 Å². The van der Waals surface area contributed by atoms with Gasteiger partial charge in [-0.2, -0.15) is 0 Å². The Morgan fingerprint density at radius 2 is 1.79 bits per heavy atom. The summed E-state index contributed by atoms with van der Waals surface area (Å²) >= 11 is 0. The molecule has 0 aromatic heterocycles. The van der Waals surface area contributed by atoms with E-state index in [0.29, 0.717) is 25.6 Å². The van der Waals surface area contributed by atoms with Gasteiger partial charge in [-0.15, -0.1) is 0 Å². The molecule has 7 heteroatoms. The van der Waals surface area contributed by atoms with E-state index < -0.39 is 13.4 Å². The summed E-state index contributed by atoms with van der Waals surface area (Å²) in [5.41, 5.74) is 2.37. The first-order chi connectivity index (χ1) is 14.0. The lowest BCUT2D eigenvalue weighted by Gasteiger charge is -2.22. The highest BCUT2D eigenvalue weighted by molar-refractivity contribution is 6.62. The number of hydrogen-bond donors (Lipinski definition) is 0. The highest BCUT2D eigenvalue weighted by Gasteiger charge is 2.46. The smallest absolute Gasteiger partial charge is 0.495 e. The number of rotatable bonds is 6. The SMILES string of the molecule is COc1ccc(COc2cccc(B3OC(C)C(C)(C)O3)c2C2OCCO2)cc1. The summed E-state index contributed by atoms with van der Waals surface area (Å²) in [5, 5.41) is 0. The first-order valence-corrected chi connectivity index (χ1v) is 9.93. The second-order valence-corrected chi connectivity index (χ2v) is 7.80. The minimum absolute atomic E-state index is 0.0327. The van der Waals surface area contributed by atoms with Crippen molar-refractivity contribution in [3.05, 3.63) is 53.6 Å². The second kappa shape index (κ2) is 8.36. The Labute approximate surface area is 172 Å². The van der Waals surface area contributed by atoms with Crippen LogP contribution in [-0.4, -0.2) is 39.1 Å². The van der Waals surface area contributed by atoms with Gasteiger partial charge < -0.3 is 28.3 Å². The van der Waals surface area contributed by atoms with Crippen LogP contribution in [0.5, 0.6) is 11.5 Å². The van der Waals surface area contributed by atoms with Gasteiger partial charge >= 0.3 is 7.12 Å². The Kier molecular flexibility index (Phi) is 5.83. The summed E-state index contributed by atoms with van der Waals surface area (Å²) < 4.78 is 35.3. The van der Waals surface area contributed by atoms with Crippen LogP contribution in [0.2, 0.25) is 0 Å². The molecule has 0 amide bonds. The van der Waals surface area contributed by atoms with Crippen molar-refractivity contribution in [2.24, 2.45) is 0 Å². The molecule has 0 radical (unpaired) electrons. The van der Waals surface area contributed by atoms with E-state index in [0.717, 1.165) is 22.3 Å². The molecule has 0 bridgehead atoms. The third kappa shape index (κ3) is 4.28.